The maximum absolute atomic E-state index is 4.95. The molecule has 0 N–H and O–H groups in total. The van der Waals surface area contributed by atoms with Gasteiger partial charge in [-0.05, 0) is 119 Å². The molecule has 2 heteroatoms. The van der Waals surface area contributed by atoms with Crippen molar-refractivity contribution < 1.29 is 0 Å². The summed E-state index contributed by atoms with van der Waals surface area (Å²) in [5.74, 6) is 1.07. The second kappa shape index (κ2) is 12.8. The molecule has 2 nitrogen and oxygen atoms in total. The summed E-state index contributed by atoms with van der Waals surface area (Å²) in [4.78, 5) is 4.95. The van der Waals surface area contributed by atoms with Crippen molar-refractivity contribution in [2.45, 2.75) is 13.3 Å². The molecule has 0 saturated heterocycles. The molecule has 0 fully saturated rings. The van der Waals surface area contributed by atoms with Gasteiger partial charge >= 0.3 is 0 Å². The van der Waals surface area contributed by atoms with E-state index in [4.69, 9.17) is 4.98 Å². The Morgan fingerprint density at radius 2 is 0.981 bits per heavy atom. The first-order chi connectivity index (χ1) is 26.2. The van der Waals surface area contributed by atoms with E-state index >= 15 is 0 Å². The van der Waals surface area contributed by atoms with Gasteiger partial charge in [0.05, 0.1) is 11.0 Å². The topological polar surface area (TPSA) is 17.8 Å². The molecule has 10 aromatic rings. The predicted octanol–water partition coefficient (Wildman–Crippen LogP) is 13.7. The monoisotopic (exact) mass is 676 g/mol. The van der Waals surface area contributed by atoms with E-state index in [-0.39, 0.29) is 0 Å². The van der Waals surface area contributed by atoms with Crippen molar-refractivity contribution in [1.29, 1.82) is 0 Å². The maximum atomic E-state index is 4.95. The fourth-order valence-corrected chi connectivity index (χ4v) is 8.21. The number of hydrogen-bond donors (Lipinski definition) is 0. The quantitative estimate of drug-likeness (QED) is 0.160. The van der Waals surface area contributed by atoms with Crippen LogP contribution >= 0.6 is 0 Å². The van der Waals surface area contributed by atoms with E-state index in [2.05, 4.69) is 200 Å². The normalized spacial score (nSPS) is 11.6. The average molecular weight is 677 g/mol. The molecule has 250 valence electrons. The molecule has 53 heavy (non-hydrogen) atoms. The number of benzene rings is 9. The molecular formula is C51H36N2. The lowest BCUT2D eigenvalue weighted by Crippen LogP contribution is -2.00. The number of hydrogen-bond acceptors (Lipinski definition) is 1. The highest BCUT2D eigenvalue weighted by molar-refractivity contribution is 6.22. The van der Waals surface area contributed by atoms with Crippen LogP contribution in [0.4, 0.5) is 0 Å². The van der Waals surface area contributed by atoms with E-state index in [0.29, 0.717) is 0 Å². The molecule has 0 aliphatic rings. The SMILES string of the molecule is CCc1nc2ccccc2n1-c1ccc(-c2c3ccccc3c(-c3ccc4ccccc4c3)c3cc(-c4cccc(-c5ccccc5)c4)ccc23)cc1. The molecule has 0 atom stereocenters. The van der Waals surface area contributed by atoms with E-state index in [1.165, 1.54) is 76.8 Å². The van der Waals surface area contributed by atoms with Crippen molar-refractivity contribution in [2.24, 2.45) is 0 Å². The second-order valence-electron chi connectivity index (χ2n) is 13.8. The summed E-state index contributed by atoms with van der Waals surface area (Å²) >= 11 is 0. The molecule has 9 aromatic carbocycles. The van der Waals surface area contributed by atoms with Gasteiger partial charge in [0.1, 0.15) is 5.82 Å². The number of aryl methyl sites for hydroxylation is 1. The minimum absolute atomic E-state index is 0.860. The Morgan fingerprint density at radius 1 is 0.396 bits per heavy atom. The van der Waals surface area contributed by atoms with Crippen LogP contribution in [0.25, 0.3) is 93.5 Å². The smallest absolute Gasteiger partial charge is 0.114 e. The van der Waals surface area contributed by atoms with Crippen LogP contribution in [0, 0.1) is 0 Å². The van der Waals surface area contributed by atoms with E-state index in [1.807, 2.05) is 0 Å². The number of rotatable bonds is 6. The first kappa shape index (κ1) is 31.0. The van der Waals surface area contributed by atoms with Gasteiger partial charge in [-0.15, -0.1) is 0 Å². The average Bonchev–Trinajstić information content (AvgIpc) is 3.62. The van der Waals surface area contributed by atoms with Gasteiger partial charge in [-0.25, -0.2) is 4.98 Å². The van der Waals surface area contributed by atoms with Crippen LogP contribution in [0.5, 0.6) is 0 Å². The van der Waals surface area contributed by atoms with Crippen molar-refractivity contribution in [3.05, 3.63) is 194 Å². The number of imidazole rings is 1. The fraction of sp³-hybridized carbons (Fsp3) is 0.0392. The second-order valence-corrected chi connectivity index (χ2v) is 13.8. The zero-order valence-corrected chi connectivity index (χ0v) is 29.5. The first-order valence-electron chi connectivity index (χ1n) is 18.4. The van der Waals surface area contributed by atoms with Crippen molar-refractivity contribution in [2.75, 3.05) is 0 Å². The minimum atomic E-state index is 0.860. The van der Waals surface area contributed by atoms with Crippen molar-refractivity contribution >= 4 is 43.4 Å². The van der Waals surface area contributed by atoms with Crippen molar-refractivity contribution in [3.8, 4) is 50.2 Å². The van der Waals surface area contributed by atoms with E-state index in [1.54, 1.807) is 0 Å². The minimum Gasteiger partial charge on any atom is -0.296 e. The highest BCUT2D eigenvalue weighted by atomic mass is 15.1. The Kier molecular flexibility index (Phi) is 7.47. The fourth-order valence-electron chi connectivity index (χ4n) is 8.21. The Hall–Kier alpha value is -6.77. The Labute approximate surface area is 309 Å². The largest absolute Gasteiger partial charge is 0.296 e. The molecule has 0 unspecified atom stereocenters. The van der Waals surface area contributed by atoms with Crippen molar-refractivity contribution in [3.63, 3.8) is 0 Å². The first-order valence-corrected chi connectivity index (χ1v) is 18.4. The molecule has 0 amide bonds. The summed E-state index contributed by atoms with van der Waals surface area (Å²) in [5.41, 5.74) is 13.1. The Morgan fingerprint density at radius 3 is 1.77 bits per heavy atom. The highest BCUT2D eigenvalue weighted by Gasteiger charge is 2.19. The summed E-state index contributed by atoms with van der Waals surface area (Å²) in [7, 11) is 0. The van der Waals surface area contributed by atoms with E-state index in [0.717, 1.165) is 29.0 Å². The Bertz CT molecular complexity index is 2970. The molecule has 1 aromatic heterocycles. The lowest BCUT2D eigenvalue weighted by atomic mass is 9.84. The molecule has 0 aliphatic heterocycles. The maximum Gasteiger partial charge on any atom is 0.114 e. The van der Waals surface area contributed by atoms with Crippen LogP contribution < -0.4 is 0 Å². The van der Waals surface area contributed by atoms with Gasteiger partial charge in [0.2, 0.25) is 0 Å². The van der Waals surface area contributed by atoms with Crippen LogP contribution in [0.15, 0.2) is 188 Å². The molecule has 0 bridgehead atoms. The van der Waals surface area contributed by atoms with E-state index < -0.39 is 0 Å². The molecule has 0 saturated carbocycles. The molecular weight excluding hydrogens is 641 g/mol. The highest BCUT2D eigenvalue weighted by Crippen LogP contribution is 2.45. The standard InChI is InChI=1S/C51H36N2/c1-2-49-52-47-21-10-11-22-48(47)53(49)42-28-25-36(26-29-42)50-43-19-8-9-20-44(43)51(41-24-23-35-15-6-7-16-37(35)32-41)46-33-40(27-30-45(46)50)39-18-12-17-38(31-39)34-13-4-3-5-14-34/h3-33H,2H2,1H3. The lowest BCUT2D eigenvalue weighted by Gasteiger charge is -2.19. The lowest BCUT2D eigenvalue weighted by molar-refractivity contribution is 0.908. The van der Waals surface area contributed by atoms with Crippen LogP contribution in [0.1, 0.15) is 12.7 Å². The van der Waals surface area contributed by atoms with E-state index in [9.17, 15) is 0 Å². The summed E-state index contributed by atoms with van der Waals surface area (Å²) < 4.78 is 2.30. The molecule has 1 heterocycles. The van der Waals surface area contributed by atoms with Crippen molar-refractivity contribution in [1.82, 2.24) is 9.55 Å². The summed E-state index contributed by atoms with van der Waals surface area (Å²) in [6, 6.07) is 68.6. The number of fused-ring (bicyclic) bond motifs is 4. The number of nitrogens with zero attached hydrogens (tertiary/aromatic N) is 2. The van der Waals surface area contributed by atoms with Gasteiger partial charge in [0, 0.05) is 12.1 Å². The zero-order chi connectivity index (χ0) is 35.3. The summed E-state index contributed by atoms with van der Waals surface area (Å²) in [6.45, 7) is 2.17. The van der Waals surface area contributed by atoms with Gasteiger partial charge < -0.3 is 0 Å². The third-order valence-corrected chi connectivity index (χ3v) is 10.7. The van der Waals surface area contributed by atoms with Gasteiger partial charge in [0.15, 0.2) is 0 Å². The van der Waals surface area contributed by atoms with Gasteiger partial charge in [-0.2, -0.15) is 0 Å². The van der Waals surface area contributed by atoms with Crippen LogP contribution in [-0.2, 0) is 6.42 Å². The van der Waals surface area contributed by atoms with Gasteiger partial charge in [-0.3, -0.25) is 4.57 Å². The third kappa shape index (κ3) is 5.30. The third-order valence-electron chi connectivity index (χ3n) is 10.7. The molecule has 0 spiro atoms. The Balaban J connectivity index is 1.21. The molecule has 0 aliphatic carbocycles. The zero-order valence-electron chi connectivity index (χ0n) is 29.5. The summed E-state index contributed by atoms with van der Waals surface area (Å²) in [5, 5.41) is 7.47. The predicted molar refractivity (Wildman–Crippen MR) is 225 cm³/mol. The molecule has 10 rings (SSSR count). The summed E-state index contributed by atoms with van der Waals surface area (Å²) in [6.07, 6.45) is 0.860. The van der Waals surface area contributed by atoms with Crippen LogP contribution in [0.3, 0.4) is 0 Å². The molecule has 0 radical (unpaired) electrons. The number of aromatic nitrogens is 2. The van der Waals surface area contributed by atoms with Gasteiger partial charge in [0.25, 0.3) is 0 Å². The van der Waals surface area contributed by atoms with Gasteiger partial charge in [-0.1, -0.05) is 153 Å². The van der Waals surface area contributed by atoms with Crippen LogP contribution in [-0.4, -0.2) is 9.55 Å². The van der Waals surface area contributed by atoms with Crippen LogP contribution in [0.2, 0.25) is 0 Å². The number of para-hydroxylation sites is 2.